The Balaban J connectivity index is 1.89. The van der Waals surface area contributed by atoms with E-state index in [2.05, 4.69) is 17.3 Å². The van der Waals surface area contributed by atoms with E-state index in [1.54, 1.807) is 30.2 Å². The summed E-state index contributed by atoms with van der Waals surface area (Å²) in [6.07, 6.45) is 7.58. The highest BCUT2D eigenvalue weighted by atomic mass is 16.5. The molecule has 0 radical (unpaired) electrons. The van der Waals surface area contributed by atoms with Crippen molar-refractivity contribution in [3.8, 4) is 5.75 Å². The summed E-state index contributed by atoms with van der Waals surface area (Å²) in [5.74, 6) is 0.656. The standard InChI is InChI=1S/C16H19N3O2/c1-3-10-21-15-7-4-13(5-8-15)6-9-16(20)18-14-11-17-19(2)12-14/h4-9,11-12H,3,10H2,1-2H3,(H,18,20)/b9-6+. The van der Waals surface area contributed by atoms with E-state index in [1.807, 2.05) is 24.3 Å². The van der Waals surface area contributed by atoms with E-state index >= 15 is 0 Å². The van der Waals surface area contributed by atoms with Crippen LogP contribution >= 0.6 is 0 Å². The van der Waals surface area contributed by atoms with E-state index in [-0.39, 0.29) is 5.91 Å². The van der Waals surface area contributed by atoms with Gasteiger partial charge in [-0.05, 0) is 30.2 Å². The summed E-state index contributed by atoms with van der Waals surface area (Å²) in [6, 6.07) is 7.63. The van der Waals surface area contributed by atoms with E-state index in [4.69, 9.17) is 4.74 Å². The SMILES string of the molecule is CCCOc1ccc(/C=C/C(=O)Nc2cnn(C)c2)cc1. The van der Waals surface area contributed by atoms with Crippen LogP contribution in [0.1, 0.15) is 18.9 Å². The number of rotatable bonds is 6. The Labute approximate surface area is 124 Å². The second kappa shape index (κ2) is 7.28. The van der Waals surface area contributed by atoms with Gasteiger partial charge in [-0.25, -0.2) is 0 Å². The molecule has 5 nitrogen and oxygen atoms in total. The number of carbonyl (C=O) groups is 1. The molecule has 0 unspecified atom stereocenters. The zero-order valence-electron chi connectivity index (χ0n) is 12.2. The average Bonchev–Trinajstić information content (AvgIpc) is 2.89. The molecule has 0 atom stereocenters. The molecule has 0 saturated heterocycles. The average molecular weight is 285 g/mol. The van der Waals surface area contributed by atoms with Crippen molar-refractivity contribution in [2.24, 2.45) is 7.05 Å². The van der Waals surface area contributed by atoms with Gasteiger partial charge >= 0.3 is 0 Å². The first-order valence-corrected chi connectivity index (χ1v) is 6.88. The fourth-order valence-electron chi connectivity index (χ4n) is 1.74. The Morgan fingerprint density at radius 2 is 2.14 bits per heavy atom. The molecule has 0 aliphatic carbocycles. The normalized spacial score (nSPS) is 10.8. The Hall–Kier alpha value is -2.56. The molecule has 1 heterocycles. The van der Waals surface area contributed by atoms with Gasteiger partial charge in [-0.2, -0.15) is 5.10 Å². The molecule has 0 fully saturated rings. The van der Waals surface area contributed by atoms with E-state index < -0.39 is 0 Å². The van der Waals surface area contributed by atoms with Crippen LogP contribution in [-0.4, -0.2) is 22.3 Å². The third-order valence-electron chi connectivity index (χ3n) is 2.75. The fourth-order valence-corrected chi connectivity index (χ4v) is 1.74. The largest absolute Gasteiger partial charge is 0.494 e. The first-order chi connectivity index (χ1) is 10.2. The number of aryl methyl sites for hydroxylation is 1. The van der Waals surface area contributed by atoms with Gasteiger partial charge in [-0.3, -0.25) is 9.48 Å². The maximum Gasteiger partial charge on any atom is 0.248 e. The Morgan fingerprint density at radius 3 is 2.76 bits per heavy atom. The van der Waals surface area contributed by atoms with Gasteiger partial charge < -0.3 is 10.1 Å². The summed E-state index contributed by atoms with van der Waals surface area (Å²) in [4.78, 5) is 11.7. The van der Waals surface area contributed by atoms with E-state index in [0.717, 1.165) is 17.7 Å². The Morgan fingerprint density at radius 1 is 1.38 bits per heavy atom. The van der Waals surface area contributed by atoms with Crippen LogP contribution in [0.5, 0.6) is 5.75 Å². The summed E-state index contributed by atoms with van der Waals surface area (Å²) in [5.41, 5.74) is 1.62. The number of benzene rings is 1. The molecule has 110 valence electrons. The highest BCUT2D eigenvalue weighted by Crippen LogP contribution is 2.13. The van der Waals surface area contributed by atoms with Gasteiger partial charge in [0.1, 0.15) is 5.75 Å². The topological polar surface area (TPSA) is 56.1 Å². The molecule has 1 aromatic heterocycles. The lowest BCUT2D eigenvalue weighted by atomic mass is 10.2. The number of aromatic nitrogens is 2. The number of nitrogens with one attached hydrogen (secondary N) is 1. The second-order valence-corrected chi connectivity index (χ2v) is 4.64. The van der Waals surface area contributed by atoms with Gasteiger partial charge in [0.25, 0.3) is 0 Å². The number of nitrogens with zero attached hydrogens (tertiary/aromatic N) is 2. The quantitative estimate of drug-likeness (QED) is 0.830. The third kappa shape index (κ3) is 4.80. The molecule has 0 aliphatic rings. The van der Waals surface area contributed by atoms with Gasteiger partial charge in [-0.1, -0.05) is 19.1 Å². The maximum absolute atomic E-state index is 11.7. The molecule has 0 aliphatic heterocycles. The van der Waals surface area contributed by atoms with Gasteiger partial charge in [0.05, 0.1) is 18.5 Å². The van der Waals surface area contributed by atoms with E-state index in [0.29, 0.717) is 12.3 Å². The summed E-state index contributed by atoms with van der Waals surface area (Å²) in [7, 11) is 1.80. The summed E-state index contributed by atoms with van der Waals surface area (Å²) in [5, 5.41) is 6.72. The Kier molecular flexibility index (Phi) is 5.15. The van der Waals surface area contributed by atoms with Gasteiger partial charge in [-0.15, -0.1) is 0 Å². The fraction of sp³-hybridized carbons (Fsp3) is 0.250. The third-order valence-corrected chi connectivity index (χ3v) is 2.75. The van der Waals surface area contributed by atoms with Crippen LogP contribution in [0.3, 0.4) is 0 Å². The lowest BCUT2D eigenvalue weighted by molar-refractivity contribution is -0.111. The number of ether oxygens (including phenoxy) is 1. The molecule has 5 heteroatoms. The molecule has 0 bridgehead atoms. The highest BCUT2D eigenvalue weighted by molar-refractivity contribution is 6.01. The van der Waals surface area contributed by atoms with Crippen molar-refractivity contribution in [1.82, 2.24) is 9.78 Å². The molecule has 0 spiro atoms. The summed E-state index contributed by atoms with van der Waals surface area (Å²) in [6.45, 7) is 2.78. The van der Waals surface area contributed by atoms with Crippen LogP contribution in [0.15, 0.2) is 42.7 Å². The molecule has 2 aromatic rings. The number of anilines is 1. The van der Waals surface area contributed by atoms with Crippen molar-refractivity contribution >= 4 is 17.7 Å². The van der Waals surface area contributed by atoms with Crippen LogP contribution in [0, 0.1) is 0 Å². The van der Waals surface area contributed by atoms with Gasteiger partial charge in [0, 0.05) is 19.3 Å². The maximum atomic E-state index is 11.7. The smallest absolute Gasteiger partial charge is 0.248 e. The van der Waals surface area contributed by atoms with Crippen LogP contribution in [0.2, 0.25) is 0 Å². The van der Waals surface area contributed by atoms with Crippen molar-refractivity contribution in [2.45, 2.75) is 13.3 Å². The predicted molar refractivity (Wildman–Crippen MR) is 83.1 cm³/mol. The molecule has 1 N–H and O–H groups in total. The minimum atomic E-state index is -0.186. The zero-order chi connectivity index (χ0) is 15.1. The van der Waals surface area contributed by atoms with Gasteiger partial charge in [0.2, 0.25) is 5.91 Å². The van der Waals surface area contributed by atoms with Crippen molar-refractivity contribution in [2.75, 3.05) is 11.9 Å². The molecule has 2 rings (SSSR count). The minimum absolute atomic E-state index is 0.186. The molecule has 21 heavy (non-hydrogen) atoms. The molecular formula is C16H19N3O2. The van der Waals surface area contributed by atoms with Crippen molar-refractivity contribution in [1.29, 1.82) is 0 Å². The predicted octanol–water partition coefficient (Wildman–Crippen LogP) is 2.86. The van der Waals surface area contributed by atoms with Gasteiger partial charge in [0.15, 0.2) is 0 Å². The van der Waals surface area contributed by atoms with Crippen LogP contribution in [-0.2, 0) is 11.8 Å². The van der Waals surface area contributed by atoms with Crippen molar-refractivity contribution in [3.05, 3.63) is 48.3 Å². The molecular weight excluding hydrogens is 266 g/mol. The minimum Gasteiger partial charge on any atom is -0.494 e. The summed E-state index contributed by atoms with van der Waals surface area (Å²) < 4.78 is 7.14. The number of hydrogen-bond donors (Lipinski definition) is 1. The zero-order valence-corrected chi connectivity index (χ0v) is 12.2. The van der Waals surface area contributed by atoms with Crippen LogP contribution in [0.4, 0.5) is 5.69 Å². The van der Waals surface area contributed by atoms with Crippen LogP contribution in [0.25, 0.3) is 6.08 Å². The number of amides is 1. The van der Waals surface area contributed by atoms with Crippen molar-refractivity contribution < 1.29 is 9.53 Å². The van der Waals surface area contributed by atoms with E-state index in [9.17, 15) is 4.79 Å². The molecule has 1 amide bonds. The molecule has 1 aromatic carbocycles. The summed E-state index contributed by atoms with van der Waals surface area (Å²) >= 11 is 0. The first-order valence-electron chi connectivity index (χ1n) is 6.88. The lowest BCUT2D eigenvalue weighted by Gasteiger charge is -2.04. The van der Waals surface area contributed by atoms with Crippen LogP contribution < -0.4 is 10.1 Å². The lowest BCUT2D eigenvalue weighted by Crippen LogP contribution is -2.06. The van der Waals surface area contributed by atoms with Crippen molar-refractivity contribution in [3.63, 3.8) is 0 Å². The number of hydrogen-bond acceptors (Lipinski definition) is 3. The van der Waals surface area contributed by atoms with E-state index in [1.165, 1.54) is 6.08 Å². The first kappa shape index (κ1) is 14.8. The molecule has 0 saturated carbocycles. The second-order valence-electron chi connectivity index (χ2n) is 4.64. The highest BCUT2D eigenvalue weighted by Gasteiger charge is 1.99. The Bertz CT molecular complexity index is 615. The monoisotopic (exact) mass is 285 g/mol. The number of carbonyl (C=O) groups excluding carboxylic acids is 1.